The van der Waals surface area contributed by atoms with Gasteiger partial charge in [0.1, 0.15) is 5.84 Å². The second-order valence-electron chi connectivity index (χ2n) is 4.17. The fourth-order valence-electron chi connectivity index (χ4n) is 1.96. The Morgan fingerprint density at radius 3 is 2.79 bits per heavy atom. The third kappa shape index (κ3) is 3.36. The van der Waals surface area contributed by atoms with Crippen LogP contribution in [0.1, 0.15) is 17.4 Å². The number of anilines is 1. The molecule has 0 unspecified atom stereocenters. The van der Waals surface area contributed by atoms with E-state index in [9.17, 15) is 0 Å². The van der Waals surface area contributed by atoms with Crippen molar-refractivity contribution in [2.75, 3.05) is 11.4 Å². The van der Waals surface area contributed by atoms with Crippen molar-refractivity contribution in [1.82, 2.24) is 0 Å². The minimum Gasteiger partial charge on any atom is -0.384 e. The molecular weight excluding hydrogens is 322 g/mol. The van der Waals surface area contributed by atoms with E-state index in [0.29, 0.717) is 0 Å². The number of hydrogen-bond donors (Lipinski definition) is 2. The van der Waals surface area contributed by atoms with Gasteiger partial charge in [0.2, 0.25) is 0 Å². The van der Waals surface area contributed by atoms with E-state index in [1.54, 1.807) is 11.3 Å². The number of nitrogens with one attached hydrogen (secondary N) is 1. The molecule has 3 N–H and O–H groups in total. The summed E-state index contributed by atoms with van der Waals surface area (Å²) in [5, 5.41) is 9.80. The zero-order valence-corrected chi connectivity index (χ0v) is 13.1. The Labute approximate surface area is 125 Å². The van der Waals surface area contributed by atoms with Gasteiger partial charge in [-0.2, -0.15) is 0 Å². The number of halogens is 1. The average Bonchev–Trinajstić information content (AvgIpc) is 2.89. The first-order chi connectivity index (χ1) is 9.11. The molecule has 1 heterocycles. The highest BCUT2D eigenvalue weighted by Crippen LogP contribution is 2.26. The van der Waals surface area contributed by atoms with Crippen LogP contribution in [0.15, 0.2) is 40.2 Å². The summed E-state index contributed by atoms with van der Waals surface area (Å²) in [5.74, 6) is 0.0981. The maximum absolute atomic E-state index is 7.72. The molecule has 2 aromatic rings. The van der Waals surface area contributed by atoms with E-state index in [2.05, 4.69) is 45.3 Å². The zero-order chi connectivity index (χ0) is 13.8. The molecule has 5 heteroatoms. The Morgan fingerprint density at radius 1 is 1.42 bits per heavy atom. The van der Waals surface area contributed by atoms with Crippen LogP contribution in [0.25, 0.3) is 0 Å². The number of thiophene rings is 1. The molecule has 0 saturated heterocycles. The Morgan fingerprint density at radius 2 is 2.21 bits per heavy atom. The van der Waals surface area contributed by atoms with E-state index in [1.165, 1.54) is 4.88 Å². The minimum absolute atomic E-state index is 0.0981. The highest BCUT2D eigenvalue weighted by Gasteiger charge is 2.13. The summed E-state index contributed by atoms with van der Waals surface area (Å²) < 4.78 is 0.939. The predicted molar refractivity (Wildman–Crippen MR) is 86.2 cm³/mol. The number of nitrogens with two attached hydrogens (primary N) is 1. The largest absolute Gasteiger partial charge is 0.384 e. The Hall–Kier alpha value is -1.33. The van der Waals surface area contributed by atoms with Crippen molar-refractivity contribution in [2.45, 2.75) is 13.5 Å². The number of benzene rings is 1. The normalized spacial score (nSPS) is 10.4. The van der Waals surface area contributed by atoms with E-state index >= 15 is 0 Å². The van der Waals surface area contributed by atoms with Gasteiger partial charge in [-0.15, -0.1) is 11.3 Å². The van der Waals surface area contributed by atoms with Crippen LogP contribution in [-0.2, 0) is 6.54 Å². The molecule has 0 amide bonds. The van der Waals surface area contributed by atoms with Gasteiger partial charge >= 0.3 is 0 Å². The number of rotatable bonds is 5. The van der Waals surface area contributed by atoms with Crippen LogP contribution in [0.2, 0.25) is 0 Å². The standard InChI is InChI=1S/C14H16BrN3S/c1-2-18(9-11-4-3-7-19-11)13-6-5-10(15)8-12(13)14(16)17/h3-8H,2,9H2,1H3,(H3,16,17). The van der Waals surface area contributed by atoms with Gasteiger partial charge in [-0.1, -0.05) is 22.0 Å². The summed E-state index contributed by atoms with van der Waals surface area (Å²) in [7, 11) is 0. The molecule has 0 aliphatic rings. The van der Waals surface area contributed by atoms with Crippen LogP contribution in [0.5, 0.6) is 0 Å². The molecule has 1 aromatic carbocycles. The SMILES string of the molecule is CCN(Cc1cccs1)c1ccc(Br)cc1C(=N)N. The van der Waals surface area contributed by atoms with Gasteiger partial charge in [-0.05, 0) is 36.6 Å². The predicted octanol–water partition coefficient (Wildman–Crippen LogP) is 3.82. The molecule has 3 nitrogen and oxygen atoms in total. The number of nitrogen functional groups attached to an aromatic ring is 1. The summed E-state index contributed by atoms with van der Waals surface area (Å²) in [4.78, 5) is 3.54. The van der Waals surface area contributed by atoms with E-state index in [4.69, 9.17) is 11.1 Å². The molecule has 100 valence electrons. The van der Waals surface area contributed by atoms with Crippen LogP contribution in [0, 0.1) is 5.41 Å². The third-order valence-electron chi connectivity index (χ3n) is 2.90. The molecule has 0 spiro atoms. The minimum atomic E-state index is 0.0981. The summed E-state index contributed by atoms with van der Waals surface area (Å²) in [5.41, 5.74) is 7.46. The van der Waals surface area contributed by atoms with Crippen molar-refractivity contribution in [1.29, 1.82) is 5.41 Å². The quantitative estimate of drug-likeness (QED) is 0.643. The lowest BCUT2D eigenvalue weighted by Crippen LogP contribution is -2.25. The molecule has 0 atom stereocenters. The molecule has 19 heavy (non-hydrogen) atoms. The molecule has 0 aliphatic heterocycles. The first-order valence-corrected chi connectivity index (χ1v) is 7.70. The molecule has 2 rings (SSSR count). The average molecular weight is 338 g/mol. The van der Waals surface area contributed by atoms with Crippen molar-refractivity contribution in [2.24, 2.45) is 5.73 Å². The van der Waals surface area contributed by atoms with Crippen molar-refractivity contribution in [3.8, 4) is 0 Å². The molecule has 0 saturated carbocycles. The lowest BCUT2D eigenvalue weighted by atomic mass is 10.1. The van der Waals surface area contributed by atoms with Gasteiger partial charge in [0.15, 0.2) is 0 Å². The fraction of sp³-hybridized carbons (Fsp3) is 0.214. The van der Waals surface area contributed by atoms with Gasteiger partial charge in [0.05, 0.1) is 6.54 Å². The van der Waals surface area contributed by atoms with E-state index in [-0.39, 0.29) is 5.84 Å². The van der Waals surface area contributed by atoms with Crippen molar-refractivity contribution >= 4 is 38.8 Å². The highest BCUT2D eigenvalue weighted by atomic mass is 79.9. The molecule has 0 radical (unpaired) electrons. The first kappa shape index (κ1) is 14.1. The molecule has 0 fully saturated rings. The van der Waals surface area contributed by atoms with E-state index in [0.717, 1.165) is 28.8 Å². The van der Waals surface area contributed by atoms with Crippen LogP contribution >= 0.6 is 27.3 Å². The summed E-state index contributed by atoms with van der Waals surface area (Å²) in [6, 6.07) is 10.1. The van der Waals surface area contributed by atoms with Crippen molar-refractivity contribution < 1.29 is 0 Å². The second-order valence-corrected chi connectivity index (χ2v) is 6.12. The van der Waals surface area contributed by atoms with Gasteiger partial charge in [-0.3, -0.25) is 5.41 Å². The monoisotopic (exact) mass is 337 g/mol. The number of hydrogen-bond acceptors (Lipinski definition) is 3. The lowest BCUT2D eigenvalue weighted by molar-refractivity contribution is 0.841. The summed E-state index contributed by atoms with van der Waals surface area (Å²) in [6.45, 7) is 3.83. The Balaban J connectivity index is 2.35. The van der Waals surface area contributed by atoms with Crippen LogP contribution < -0.4 is 10.6 Å². The number of nitrogens with zero attached hydrogens (tertiary/aromatic N) is 1. The third-order valence-corrected chi connectivity index (χ3v) is 4.25. The van der Waals surface area contributed by atoms with Gasteiger partial charge in [0, 0.05) is 27.1 Å². The maximum atomic E-state index is 7.72. The zero-order valence-electron chi connectivity index (χ0n) is 10.7. The second kappa shape index (κ2) is 6.21. The van der Waals surface area contributed by atoms with Crippen molar-refractivity contribution in [3.05, 3.63) is 50.6 Å². The van der Waals surface area contributed by atoms with E-state index in [1.807, 2.05) is 18.2 Å². The highest BCUT2D eigenvalue weighted by molar-refractivity contribution is 9.10. The lowest BCUT2D eigenvalue weighted by Gasteiger charge is -2.25. The Kier molecular flexibility index (Phi) is 4.61. The first-order valence-electron chi connectivity index (χ1n) is 6.03. The van der Waals surface area contributed by atoms with Gasteiger partial charge < -0.3 is 10.6 Å². The van der Waals surface area contributed by atoms with E-state index < -0.39 is 0 Å². The van der Waals surface area contributed by atoms with Crippen molar-refractivity contribution in [3.63, 3.8) is 0 Å². The van der Waals surface area contributed by atoms with Gasteiger partial charge in [0.25, 0.3) is 0 Å². The number of amidine groups is 1. The molecule has 0 aliphatic carbocycles. The topological polar surface area (TPSA) is 53.1 Å². The van der Waals surface area contributed by atoms with Gasteiger partial charge in [-0.25, -0.2) is 0 Å². The van der Waals surface area contributed by atoms with Crippen LogP contribution in [0.3, 0.4) is 0 Å². The molecular formula is C14H16BrN3S. The Bertz CT molecular complexity index is 566. The summed E-state index contributed by atoms with van der Waals surface area (Å²) in [6.07, 6.45) is 0. The maximum Gasteiger partial charge on any atom is 0.124 e. The smallest absolute Gasteiger partial charge is 0.124 e. The van der Waals surface area contributed by atoms with Crippen LogP contribution in [0.4, 0.5) is 5.69 Å². The molecule has 1 aromatic heterocycles. The summed E-state index contributed by atoms with van der Waals surface area (Å²) >= 11 is 5.17. The fourth-order valence-corrected chi connectivity index (χ4v) is 3.04. The molecule has 0 bridgehead atoms. The van der Waals surface area contributed by atoms with Crippen LogP contribution in [-0.4, -0.2) is 12.4 Å².